The third-order valence-corrected chi connectivity index (χ3v) is 0. The van der Waals surface area contributed by atoms with Gasteiger partial charge in [0.1, 0.15) is 0 Å². The Bertz CT molecular complexity index is 30.0. The zero-order valence-corrected chi connectivity index (χ0v) is 11.6. The van der Waals surface area contributed by atoms with Crippen LogP contribution >= 0.6 is 57.6 Å². The topological polar surface area (TPSA) is 60.7 Å². The zero-order valence-electron chi connectivity index (χ0n) is 3.55. The summed E-state index contributed by atoms with van der Waals surface area (Å²) in [5, 5.41) is 21.5. The molecule has 0 rings (SSSR count). The zero-order chi connectivity index (χ0) is 7.15. The van der Waals surface area contributed by atoms with E-state index in [0.29, 0.717) is 0 Å². The van der Waals surface area contributed by atoms with Crippen molar-refractivity contribution < 1.29 is 21.7 Å². The average Bonchev–Trinajstić information content (AvgIpc) is 1.25. The van der Waals surface area contributed by atoms with E-state index in [1.165, 1.54) is 0 Å². The van der Waals surface area contributed by atoms with Crippen molar-refractivity contribution >= 4 is 64.9 Å². The van der Waals surface area contributed by atoms with E-state index >= 15 is 0 Å². The van der Waals surface area contributed by atoms with Gasteiger partial charge in [-0.2, -0.15) is 0 Å². The van der Waals surface area contributed by atoms with Gasteiger partial charge < -0.3 is 15.1 Å². The minimum absolute atomic E-state index is 0.423. The average molecular weight is 490 g/mol. The first-order chi connectivity index (χ1) is 3.46. The molecule has 0 saturated carbocycles. The summed E-state index contributed by atoms with van der Waals surface area (Å²) in [4.78, 5) is 0. The van der Waals surface area contributed by atoms with Gasteiger partial charge in [-0.05, 0) is 0 Å². The summed E-state index contributed by atoms with van der Waals surface area (Å²) in [6, 6.07) is 0. The van der Waals surface area contributed by atoms with Crippen LogP contribution in [-0.4, -0.2) is 22.4 Å². The number of halogens is 3. The van der Waals surface area contributed by atoms with Gasteiger partial charge in [-0.15, -0.1) is 0 Å². The van der Waals surface area contributed by atoms with Crippen LogP contribution in [0.4, 0.5) is 0 Å². The Labute approximate surface area is 84.7 Å². The Morgan fingerprint density at radius 1 is 1.00 bits per heavy atom. The van der Waals surface area contributed by atoms with E-state index in [4.69, 9.17) is 15.1 Å². The van der Waals surface area contributed by atoms with Crippen LogP contribution in [0.25, 0.3) is 0 Å². The summed E-state index contributed by atoms with van der Waals surface area (Å²) in [7, 11) is -2.17. The van der Waals surface area contributed by atoms with Crippen LogP contribution in [0.1, 0.15) is 0 Å². The number of rotatable bonds is 0. The first-order valence-corrected chi connectivity index (χ1v) is 16.5. The molecule has 0 unspecified atom stereocenters. The Morgan fingerprint density at radius 3 is 1.00 bits per heavy atom. The first kappa shape index (κ1) is 13.4. The van der Waals surface area contributed by atoms with Crippen LogP contribution in [0.5, 0.6) is 0 Å². The van der Waals surface area contributed by atoms with Crippen molar-refractivity contribution in [3.8, 4) is 0 Å². The summed E-state index contributed by atoms with van der Waals surface area (Å²) in [5.41, 5.74) is 0. The van der Waals surface area contributed by atoms with E-state index in [1.807, 2.05) is 0 Å². The van der Waals surface area contributed by atoms with Crippen molar-refractivity contribution in [3.63, 3.8) is 0 Å². The Balaban J connectivity index is 0. The maximum absolute atomic E-state index is 7.17. The molecule has 0 spiro atoms. The third-order valence-electron chi connectivity index (χ3n) is 0. The van der Waals surface area contributed by atoms with Gasteiger partial charge in [0.15, 0.2) is 0 Å². The Morgan fingerprint density at radius 2 is 1.00 bits per heavy atom. The van der Waals surface area contributed by atoms with Gasteiger partial charge in [0.05, 0.1) is 0 Å². The molecule has 0 aromatic rings. The molecule has 3 nitrogen and oxygen atoms in total. The Kier molecular flexibility index (Phi) is 16.5. The van der Waals surface area contributed by atoms with Gasteiger partial charge in [0, 0.05) is 0 Å². The predicted molar refractivity (Wildman–Crippen MR) is 54.5 cm³/mol. The number of hydrogen-bond donors (Lipinski definition) is 3. The molecule has 8 heteroatoms. The number of hydrogen-bond acceptors (Lipinski definition) is 3. The minimum atomic E-state index is -2.17. The van der Waals surface area contributed by atoms with Gasteiger partial charge >= 0.3 is 71.5 Å². The van der Waals surface area contributed by atoms with Crippen LogP contribution in [0.3, 0.4) is 0 Å². The SMILES string of the molecule is OB(O)O.[I][Ti]([I])[I]. The third kappa shape index (κ3) is 67.2. The fourth-order valence-electron chi connectivity index (χ4n) is 0. The van der Waals surface area contributed by atoms with Crippen LogP contribution in [0.15, 0.2) is 0 Å². The Hall–Kier alpha value is 2.85. The van der Waals surface area contributed by atoms with Crippen LogP contribution < -0.4 is 0 Å². The van der Waals surface area contributed by atoms with Gasteiger partial charge in [-0.1, -0.05) is 0 Å². The van der Waals surface area contributed by atoms with E-state index in [-0.39, 0.29) is 0 Å². The summed E-state index contributed by atoms with van der Waals surface area (Å²) >= 11 is 7.45. The summed E-state index contributed by atoms with van der Waals surface area (Å²) in [6.07, 6.45) is 0. The predicted octanol–water partition coefficient (Wildman–Crippen LogP) is 0.603. The molecule has 0 radical (unpaired) electrons. The molecule has 0 bridgehead atoms. The van der Waals surface area contributed by atoms with E-state index < -0.39 is 13.9 Å². The summed E-state index contributed by atoms with van der Waals surface area (Å²) in [5.74, 6) is 0. The molecule has 0 aromatic heterocycles. The second kappa shape index (κ2) is 9.85. The monoisotopic (exact) mass is 491 g/mol. The molecule has 0 amide bonds. The van der Waals surface area contributed by atoms with Crippen molar-refractivity contribution in [1.82, 2.24) is 0 Å². The van der Waals surface area contributed by atoms with Crippen molar-refractivity contribution in [2.24, 2.45) is 0 Å². The van der Waals surface area contributed by atoms with E-state index in [9.17, 15) is 0 Å². The van der Waals surface area contributed by atoms with E-state index in [0.717, 1.165) is 0 Å². The molecule has 0 aliphatic rings. The molecule has 0 aromatic carbocycles. The quantitative estimate of drug-likeness (QED) is 0.345. The molecular weight excluding hydrogens is 487 g/mol. The fourth-order valence-corrected chi connectivity index (χ4v) is 0. The van der Waals surface area contributed by atoms with Crippen molar-refractivity contribution in [2.45, 2.75) is 0 Å². The molecule has 0 aliphatic carbocycles. The second-order valence-corrected chi connectivity index (χ2v) is 40.1. The van der Waals surface area contributed by atoms with Crippen molar-refractivity contribution in [1.29, 1.82) is 0 Å². The van der Waals surface area contributed by atoms with Gasteiger partial charge in [-0.25, -0.2) is 0 Å². The fraction of sp³-hybridized carbons (Fsp3) is 0. The van der Waals surface area contributed by atoms with Gasteiger partial charge in [0.25, 0.3) is 0 Å². The molecule has 0 atom stereocenters. The molecule has 0 fully saturated rings. The van der Waals surface area contributed by atoms with Crippen LogP contribution in [-0.2, 0) is 6.63 Å². The molecular formula is H3BI3O3Ti. The van der Waals surface area contributed by atoms with Gasteiger partial charge in [-0.3, -0.25) is 0 Å². The van der Waals surface area contributed by atoms with Crippen molar-refractivity contribution in [3.05, 3.63) is 0 Å². The molecule has 49 valence electrons. The summed E-state index contributed by atoms with van der Waals surface area (Å²) in [6.45, 7) is -0.423. The molecule has 0 aliphatic heterocycles. The standard InChI is InChI=1S/BH3O3.3HI.Ti/c2-1(3)4;;;;/h2-4H;3*1H;/q;;;;+3/p-3. The molecule has 8 heavy (non-hydrogen) atoms. The maximum atomic E-state index is 7.17. The normalized spacial score (nSPS) is 6.75. The molecule has 0 heterocycles. The van der Waals surface area contributed by atoms with E-state index in [1.54, 1.807) is 0 Å². The second-order valence-electron chi connectivity index (χ2n) is 0.561. The van der Waals surface area contributed by atoms with Crippen molar-refractivity contribution in [2.75, 3.05) is 0 Å². The van der Waals surface area contributed by atoms with Crippen LogP contribution in [0.2, 0.25) is 0 Å². The van der Waals surface area contributed by atoms with E-state index in [2.05, 4.69) is 57.6 Å². The molecule has 0 saturated heterocycles. The van der Waals surface area contributed by atoms with Gasteiger partial charge in [0.2, 0.25) is 0 Å². The van der Waals surface area contributed by atoms with Crippen LogP contribution in [0, 0.1) is 0 Å². The summed E-state index contributed by atoms with van der Waals surface area (Å²) < 4.78 is 0. The molecule has 3 N–H and O–H groups in total. The first-order valence-electron chi connectivity index (χ1n) is 1.34.